The second-order valence-electron chi connectivity index (χ2n) is 6.48. The third kappa shape index (κ3) is 4.71. The molecule has 0 atom stereocenters. The molecule has 2 rings (SSSR count). The Morgan fingerprint density at radius 1 is 1.22 bits per heavy atom. The molecule has 0 aliphatic carbocycles. The lowest BCUT2D eigenvalue weighted by Gasteiger charge is -2.19. The number of rotatable bonds is 4. The normalized spacial score (nSPS) is 11.3. The first kappa shape index (κ1) is 16.8. The van der Waals surface area contributed by atoms with Crippen molar-refractivity contribution in [1.82, 2.24) is 4.98 Å². The van der Waals surface area contributed by atoms with E-state index >= 15 is 0 Å². The Kier molecular flexibility index (Phi) is 4.89. The number of nitrogens with two attached hydrogens (primary N) is 2. The van der Waals surface area contributed by atoms with E-state index < -0.39 is 5.60 Å². The molecule has 1 aromatic carbocycles. The molecule has 2 aromatic rings. The van der Waals surface area contributed by atoms with E-state index in [0.29, 0.717) is 24.2 Å². The van der Waals surface area contributed by atoms with E-state index in [2.05, 4.69) is 4.98 Å². The molecule has 4 N–H and O–H groups in total. The van der Waals surface area contributed by atoms with E-state index in [0.717, 1.165) is 16.7 Å². The van der Waals surface area contributed by atoms with Gasteiger partial charge in [0.1, 0.15) is 5.60 Å². The molecule has 0 spiro atoms. The summed E-state index contributed by atoms with van der Waals surface area (Å²) in [5, 5.41) is 0. The smallest absolute Gasteiger partial charge is 0.306 e. The summed E-state index contributed by atoms with van der Waals surface area (Å²) in [5.74, 6) is -0.201. The van der Waals surface area contributed by atoms with Crippen molar-refractivity contribution in [3.05, 3.63) is 42.2 Å². The maximum Gasteiger partial charge on any atom is 0.306 e. The number of carbonyl (C=O) groups is 1. The van der Waals surface area contributed by atoms with Crippen LogP contribution in [0.25, 0.3) is 11.1 Å². The summed E-state index contributed by atoms with van der Waals surface area (Å²) in [7, 11) is 0. The SMILES string of the molecule is CC(C)(C)OC(=O)CCc1cccc(-c2cncc(N)c2N)c1. The van der Waals surface area contributed by atoms with Crippen LogP contribution in [0.15, 0.2) is 36.7 Å². The third-order valence-corrected chi connectivity index (χ3v) is 3.29. The molecule has 0 saturated carbocycles. The van der Waals surface area contributed by atoms with Gasteiger partial charge in [-0.05, 0) is 38.3 Å². The van der Waals surface area contributed by atoms with Gasteiger partial charge in [-0.3, -0.25) is 9.78 Å². The first-order chi connectivity index (χ1) is 10.8. The maximum atomic E-state index is 11.8. The van der Waals surface area contributed by atoms with Crippen LogP contribution in [0, 0.1) is 0 Å². The van der Waals surface area contributed by atoms with Gasteiger partial charge in [-0.25, -0.2) is 0 Å². The van der Waals surface area contributed by atoms with Crippen LogP contribution in [-0.2, 0) is 16.0 Å². The number of ether oxygens (including phenoxy) is 1. The van der Waals surface area contributed by atoms with Crippen LogP contribution in [0.3, 0.4) is 0 Å². The predicted octanol–water partition coefficient (Wildman–Crippen LogP) is 3.19. The van der Waals surface area contributed by atoms with Crippen molar-refractivity contribution < 1.29 is 9.53 Å². The number of aromatic nitrogens is 1. The first-order valence-electron chi connectivity index (χ1n) is 7.56. The number of anilines is 2. The first-order valence-corrected chi connectivity index (χ1v) is 7.56. The van der Waals surface area contributed by atoms with E-state index in [9.17, 15) is 4.79 Å². The van der Waals surface area contributed by atoms with Crippen molar-refractivity contribution in [3.8, 4) is 11.1 Å². The fourth-order valence-corrected chi connectivity index (χ4v) is 2.25. The predicted molar refractivity (Wildman–Crippen MR) is 92.7 cm³/mol. The van der Waals surface area contributed by atoms with Crippen LogP contribution in [0.4, 0.5) is 11.4 Å². The number of benzene rings is 1. The molecule has 0 radical (unpaired) electrons. The molecule has 0 unspecified atom stereocenters. The Morgan fingerprint density at radius 2 is 1.96 bits per heavy atom. The van der Waals surface area contributed by atoms with Crippen molar-refractivity contribution in [1.29, 1.82) is 0 Å². The van der Waals surface area contributed by atoms with Crippen molar-refractivity contribution in [2.45, 2.75) is 39.2 Å². The maximum absolute atomic E-state index is 11.8. The fourth-order valence-electron chi connectivity index (χ4n) is 2.25. The number of nitrogen functional groups attached to an aromatic ring is 2. The number of hydrogen-bond donors (Lipinski definition) is 2. The van der Waals surface area contributed by atoms with Crippen LogP contribution in [0.2, 0.25) is 0 Å². The summed E-state index contributed by atoms with van der Waals surface area (Å²) in [6.07, 6.45) is 4.17. The molecular formula is C18H23N3O2. The van der Waals surface area contributed by atoms with Crippen LogP contribution < -0.4 is 11.5 Å². The summed E-state index contributed by atoms with van der Waals surface area (Å²) in [5.41, 5.74) is 15.1. The lowest BCUT2D eigenvalue weighted by molar-refractivity contribution is -0.154. The average Bonchev–Trinajstić information content (AvgIpc) is 2.46. The Labute approximate surface area is 136 Å². The average molecular weight is 313 g/mol. The zero-order valence-corrected chi connectivity index (χ0v) is 13.8. The molecule has 5 heteroatoms. The minimum Gasteiger partial charge on any atom is -0.460 e. The highest BCUT2D eigenvalue weighted by molar-refractivity contribution is 5.83. The molecular weight excluding hydrogens is 290 g/mol. The molecule has 1 aromatic heterocycles. The van der Waals surface area contributed by atoms with Gasteiger partial charge in [0.2, 0.25) is 0 Å². The highest BCUT2D eigenvalue weighted by Gasteiger charge is 2.16. The van der Waals surface area contributed by atoms with Gasteiger partial charge in [0.25, 0.3) is 0 Å². The van der Waals surface area contributed by atoms with Gasteiger partial charge < -0.3 is 16.2 Å². The van der Waals surface area contributed by atoms with E-state index in [4.69, 9.17) is 16.2 Å². The van der Waals surface area contributed by atoms with Crippen LogP contribution >= 0.6 is 0 Å². The van der Waals surface area contributed by atoms with Gasteiger partial charge in [-0.15, -0.1) is 0 Å². The summed E-state index contributed by atoms with van der Waals surface area (Å²) in [4.78, 5) is 15.9. The molecule has 0 aliphatic heterocycles. The van der Waals surface area contributed by atoms with Gasteiger partial charge in [0, 0.05) is 18.2 Å². The molecule has 0 fully saturated rings. The van der Waals surface area contributed by atoms with Crippen LogP contribution in [0.5, 0.6) is 0 Å². The molecule has 122 valence electrons. The van der Waals surface area contributed by atoms with Crippen molar-refractivity contribution >= 4 is 17.3 Å². The Hall–Kier alpha value is -2.56. The van der Waals surface area contributed by atoms with Gasteiger partial charge in [0.05, 0.1) is 17.6 Å². The number of hydrogen-bond acceptors (Lipinski definition) is 5. The summed E-state index contributed by atoms with van der Waals surface area (Å²) >= 11 is 0. The lowest BCUT2D eigenvalue weighted by Crippen LogP contribution is -2.24. The summed E-state index contributed by atoms with van der Waals surface area (Å²) in [6, 6.07) is 7.85. The van der Waals surface area contributed by atoms with Gasteiger partial charge in [0.15, 0.2) is 0 Å². The minimum atomic E-state index is -0.458. The molecule has 0 saturated heterocycles. The number of carbonyl (C=O) groups excluding carboxylic acids is 1. The van der Waals surface area contributed by atoms with E-state index in [-0.39, 0.29) is 5.97 Å². The van der Waals surface area contributed by atoms with E-state index in [1.165, 1.54) is 6.20 Å². The van der Waals surface area contributed by atoms with Gasteiger partial charge in [-0.2, -0.15) is 0 Å². The number of nitrogens with zero attached hydrogens (tertiary/aromatic N) is 1. The Balaban J connectivity index is 2.12. The molecule has 1 heterocycles. The fraction of sp³-hybridized carbons (Fsp3) is 0.333. The lowest BCUT2D eigenvalue weighted by atomic mass is 10.0. The highest BCUT2D eigenvalue weighted by atomic mass is 16.6. The monoisotopic (exact) mass is 313 g/mol. The van der Waals surface area contributed by atoms with Gasteiger partial charge in [-0.1, -0.05) is 24.3 Å². The molecule has 23 heavy (non-hydrogen) atoms. The summed E-state index contributed by atoms with van der Waals surface area (Å²) in [6.45, 7) is 5.59. The van der Waals surface area contributed by atoms with Crippen molar-refractivity contribution in [3.63, 3.8) is 0 Å². The molecule has 0 amide bonds. The topological polar surface area (TPSA) is 91.2 Å². The van der Waals surface area contributed by atoms with Crippen molar-refractivity contribution in [2.75, 3.05) is 11.5 Å². The number of pyridine rings is 1. The van der Waals surface area contributed by atoms with E-state index in [1.807, 2.05) is 45.0 Å². The molecule has 0 aliphatic rings. The quantitative estimate of drug-likeness (QED) is 0.846. The number of esters is 1. The molecule has 0 bridgehead atoms. The highest BCUT2D eigenvalue weighted by Crippen LogP contribution is 2.29. The number of aryl methyl sites for hydroxylation is 1. The van der Waals surface area contributed by atoms with E-state index in [1.54, 1.807) is 6.20 Å². The van der Waals surface area contributed by atoms with Crippen LogP contribution in [-0.4, -0.2) is 16.6 Å². The standard InChI is InChI=1S/C18H23N3O2/c1-18(2,3)23-16(22)8-7-12-5-4-6-13(9-12)14-10-21-11-15(19)17(14)20/h4-6,9-11H,7-8,19H2,1-3H3,(H2,20,21). The largest absolute Gasteiger partial charge is 0.460 e. The van der Waals surface area contributed by atoms with Gasteiger partial charge >= 0.3 is 5.97 Å². The Bertz CT molecular complexity index is 706. The zero-order valence-electron chi connectivity index (χ0n) is 13.8. The Morgan fingerprint density at radius 3 is 2.65 bits per heavy atom. The van der Waals surface area contributed by atoms with Crippen LogP contribution in [0.1, 0.15) is 32.8 Å². The second-order valence-corrected chi connectivity index (χ2v) is 6.48. The third-order valence-electron chi connectivity index (χ3n) is 3.29. The minimum absolute atomic E-state index is 0.201. The second kappa shape index (κ2) is 6.69. The molecule has 5 nitrogen and oxygen atoms in total. The zero-order chi connectivity index (χ0) is 17.0. The summed E-state index contributed by atoms with van der Waals surface area (Å²) < 4.78 is 5.32. The van der Waals surface area contributed by atoms with Crippen molar-refractivity contribution in [2.24, 2.45) is 0 Å².